The van der Waals surface area contributed by atoms with Crippen molar-refractivity contribution in [3.05, 3.63) is 45.0 Å². The average molecular weight is 216 g/mol. The summed E-state index contributed by atoms with van der Waals surface area (Å²) in [6.07, 6.45) is 1.37. The normalized spacial score (nSPS) is 11.3. The molecule has 1 aliphatic heterocycles. The van der Waals surface area contributed by atoms with Gasteiger partial charge in [0, 0.05) is 18.7 Å². The molecule has 3 rings (SSSR count). The highest BCUT2D eigenvalue weighted by Crippen LogP contribution is 2.26. The molecule has 0 saturated heterocycles. The van der Waals surface area contributed by atoms with Gasteiger partial charge in [0.2, 0.25) is 0 Å². The van der Waals surface area contributed by atoms with Crippen LogP contribution >= 0.6 is 0 Å². The molecule has 80 valence electrons. The molecule has 0 saturated carbocycles. The summed E-state index contributed by atoms with van der Waals surface area (Å²) in [6.45, 7) is 0. The molecule has 1 N–H and O–H groups in total. The molecule has 0 unspecified atom stereocenters. The summed E-state index contributed by atoms with van der Waals surface area (Å²) in [6, 6.07) is 4.50. The fourth-order valence-electron chi connectivity index (χ4n) is 1.81. The lowest BCUT2D eigenvalue weighted by Crippen LogP contribution is -2.10. The van der Waals surface area contributed by atoms with Crippen molar-refractivity contribution in [2.45, 2.75) is 0 Å². The molecule has 16 heavy (non-hydrogen) atoms. The van der Waals surface area contributed by atoms with Crippen LogP contribution in [0.2, 0.25) is 0 Å². The van der Waals surface area contributed by atoms with Gasteiger partial charge in [-0.15, -0.1) is 0 Å². The van der Waals surface area contributed by atoms with E-state index in [1.807, 2.05) is 0 Å². The largest absolute Gasteiger partial charge is 0.463 e. The zero-order chi connectivity index (χ0) is 11.3. The maximum atomic E-state index is 11.6. The van der Waals surface area contributed by atoms with Crippen LogP contribution in [0, 0.1) is 0 Å². The third kappa shape index (κ3) is 1.05. The van der Waals surface area contributed by atoms with Crippen molar-refractivity contribution in [3.8, 4) is 11.3 Å². The summed E-state index contributed by atoms with van der Waals surface area (Å²) in [5.41, 5.74) is 1.16. The highest BCUT2D eigenvalue weighted by atomic mass is 16.3. The van der Waals surface area contributed by atoms with Crippen LogP contribution in [0.5, 0.6) is 0 Å². The smallest absolute Gasteiger partial charge is 0.277 e. The van der Waals surface area contributed by atoms with Crippen molar-refractivity contribution < 1.29 is 4.42 Å². The van der Waals surface area contributed by atoms with Crippen molar-refractivity contribution in [1.82, 2.24) is 9.78 Å². The number of aromatic amines is 1. The van der Waals surface area contributed by atoms with E-state index in [0.29, 0.717) is 16.7 Å². The zero-order valence-corrected chi connectivity index (χ0v) is 8.48. The molecule has 5 heteroatoms. The van der Waals surface area contributed by atoms with E-state index in [-0.39, 0.29) is 11.0 Å². The lowest BCUT2D eigenvalue weighted by Gasteiger charge is -2.02. The van der Waals surface area contributed by atoms with Crippen molar-refractivity contribution in [1.29, 1.82) is 0 Å². The van der Waals surface area contributed by atoms with Crippen LogP contribution in [-0.4, -0.2) is 9.78 Å². The van der Waals surface area contributed by atoms with Gasteiger partial charge in [-0.1, -0.05) is 0 Å². The molecule has 5 nitrogen and oxygen atoms in total. The van der Waals surface area contributed by atoms with Crippen molar-refractivity contribution in [2.24, 2.45) is 7.05 Å². The number of aryl methyl sites for hydroxylation is 1. The molecule has 0 amide bonds. The van der Waals surface area contributed by atoms with Crippen LogP contribution < -0.4 is 11.0 Å². The summed E-state index contributed by atoms with van der Waals surface area (Å²) in [4.78, 5) is 22.8. The van der Waals surface area contributed by atoms with E-state index >= 15 is 0 Å². The second kappa shape index (κ2) is 2.85. The Kier molecular flexibility index (Phi) is 1.60. The molecular weight excluding hydrogens is 208 g/mol. The third-order valence-corrected chi connectivity index (χ3v) is 2.61. The fourth-order valence-corrected chi connectivity index (χ4v) is 1.81. The number of H-pyrrole nitrogens is 1. The lowest BCUT2D eigenvalue weighted by molar-refractivity contribution is 0.572. The van der Waals surface area contributed by atoms with Crippen molar-refractivity contribution in [2.75, 3.05) is 0 Å². The van der Waals surface area contributed by atoms with Gasteiger partial charge in [0.15, 0.2) is 5.43 Å². The number of rotatable bonds is 0. The molecule has 0 spiro atoms. The lowest BCUT2D eigenvalue weighted by atomic mass is 10.1. The Morgan fingerprint density at radius 2 is 2.12 bits per heavy atom. The Balaban J connectivity index is 2.59. The number of benzene rings is 1. The van der Waals surface area contributed by atoms with E-state index in [1.165, 1.54) is 23.1 Å². The molecule has 1 aromatic rings. The van der Waals surface area contributed by atoms with Crippen LogP contribution in [0.25, 0.3) is 22.2 Å². The first-order valence-corrected chi connectivity index (χ1v) is 4.77. The van der Waals surface area contributed by atoms with E-state index in [0.717, 1.165) is 5.56 Å². The number of aromatic nitrogens is 2. The maximum absolute atomic E-state index is 11.6. The second-order valence-corrected chi connectivity index (χ2v) is 3.66. The first-order valence-electron chi connectivity index (χ1n) is 4.77. The number of hydrogen-bond donors (Lipinski definition) is 1. The van der Waals surface area contributed by atoms with Gasteiger partial charge >= 0.3 is 0 Å². The van der Waals surface area contributed by atoms with E-state index in [4.69, 9.17) is 4.42 Å². The Hall–Kier alpha value is -2.30. The monoisotopic (exact) mass is 216 g/mol. The van der Waals surface area contributed by atoms with Crippen molar-refractivity contribution in [3.63, 3.8) is 0 Å². The van der Waals surface area contributed by atoms with Crippen molar-refractivity contribution >= 4 is 10.9 Å². The van der Waals surface area contributed by atoms with E-state index < -0.39 is 0 Å². The molecule has 2 aliphatic rings. The average Bonchev–Trinajstić information content (AvgIpc) is 2.55. The minimum absolute atomic E-state index is 0.117. The van der Waals surface area contributed by atoms with E-state index in [1.54, 1.807) is 13.1 Å². The summed E-state index contributed by atoms with van der Waals surface area (Å²) >= 11 is 0. The van der Waals surface area contributed by atoms with Gasteiger partial charge in [-0.2, -0.15) is 0 Å². The second-order valence-electron chi connectivity index (χ2n) is 3.66. The van der Waals surface area contributed by atoms with Crippen LogP contribution in [0.4, 0.5) is 0 Å². The maximum Gasteiger partial charge on any atom is 0.277 e. The molecule has 0 atom stereocenters. The Morgan fingerprint density at radius 1 is 1.31 bits per heavy atom. The summed E-state index contributed by atoms with van der Waals surface area (Å²) in [7, 11) is 1.64. The topological polar surface area (TPSA) is 68.0 Å². The Morgan fingerprint density at radius 3 is 2.94 bits per heavy atom. The third-order valence-electron chi connectivity index (χ3n) is 2.61. The first kappa shape index (κ1) is 8.96. The zero-order valence-electron chi connectivity index (χ0n) is 8.48. The van der Waals surface area contributed by atoms with Crippen LogP contribution in [-0.2, 0) is 7.05 Å². The van der Waals surface area contributed by atoms with Crippen LogP contribution in [0.15, 0.2) is 38.5 Å². The van der Waals surface area contributed by atoms with E-state index in [9.17, 15) is 9.59 Å². The quantitative estimate of drug-likeness (QED) is 0.607. The van der Waals surface area contributed by atoms with Gasteiger partial charge < -0.3 is 4.42 Å². The minimum Gasteiger partial charge on any atom is -0.463 e. The van der Waals surface area contributed by atoms with Gasteiger partial charge in [0.25, 0.3) is 5.56 Å². The molecule has 1 aromatic heterocycles. The molecule has 2 heterocycles. The summed E-state index contributed by atoms with van der Waals surface area (Å²) in [5.74, 6) is 0.474. The Labute approximate surface area is 89.2 Å². The highest BCUT2D eigenvalue weighted by molar-refractivity contribution is 5.91. The highest BCUT2D eigenvalue weighted by Gasteiger charge is 2.13. The standard InChI is InChI=1S/C11H8N2O3/c1-13-11(15)8-5-16-9-4-6(14)2-3-7(9)10(8)12-13/h2-5,12H,1H3. The molecule has 0 aromatic carbocycles. The SMILES string of the molecule is Cn1[nH]c2c3ccc(=O)cc-3occ2c1=O. The molecule has 0 radical (unpaired) electrons. The number of nitrogens with one attached hydrogen (secondary N) is 1. The van der Waals surface area contributed by atoms with Crippen LogP contribution in [0.1, 0.15) is 0 Å². The Bertz CT molecular complexity index is 763. The molecule has 0 bridgehead atoms. The summed E-state index contributed by atoms with van der Waals surface area (Å²) in [5, 5.41) is 3.41. The molecular formula is C11H8N2O3. The number of hydrogen-bond acceptors (Lipinski definition) is 3. The fraction of sp³-hybridized carbons (Fsp3) is 0.0909. The summed E-state index contributed by atoms with van der Waals surface area (Å²) < 4.78 is 6.65. The van der Waals surface area contributed by atoms with Crippen LogP contribution in [0.3, 0.4) is 0 Å². The predicted octanol–water partition coefficient (Wildman–Crippen LogP) is 0.925. The van der Waals surface area contributed by atoms with Gasteiger partial charge in [0.05, 0.1) is 5.52 Å². The minimum atomic E-state index is -0.146. The van der Waals surface area contributed by atoms with Gasteiger partial charge in [-0.05, 0) is 12.1 Å². The molecule has 1 aliphatic carbocycles. The van der Waals surface area contributed by atoms with Gasteiger partial charge in [-0.25, -0.2) is 0 Å². The van der Waals surface area contributed by atoms with Gasteiger partial charge in [0.1, 0.15) is 17.4 Å². The van der Waals surface area contributed by atoms with Gasteiger partial charge in [-0.3, -0.25) is 19.4 Å². The first-order chi connectivity index (χ1) is 7.66. The predicted molar refractivity (Wildman–Crippen MR) is 58.7 cm³/mol. The number of nitrogens with zero attached hydrogens (tertiary/aromatic N) is 1. The van der Waals surface area contributed by atoms with E-state index in [2.05, 4.69) is 5.10 Å². The molecule has 0 fully saturated rings. The number of fused-ring (bicyclic) bond motifs is 3.